The summed E-state index contributed by atoms with van der Waals surface area (Å²) < 4.78 is 0. The molecule has 0 saturated heterocycles. The molecule has 1 aliphatic rings. The zero-order valence-electron chi connectivity index (χ0n) is 7.82. The Hall–Kier alpha value is -0.970. The molecule has 84 valence electrons. The van der Waals surface area contributed by atoms with Crippen molar-refractivity contribution in [2.24, 2.45) is 5.10 Å². The number of benzene rings is 1. The van der Waals surface area contributed by atoms with Gasteiger partial charge in [-0.05, 0) is 18.2 Å². The Morgan fingerprint density at radius 3 is 2.44 bits per heavy atom. The van der Waals surface area contributed by atoms with Gasteiger partial charge in [-0.1, -0.05) is 34.8 Å². The molecule has 1 unspecified atom stereocenters. The van der Waals surface area contributed by atoms with Crippen LogP contribution in [0.1, 0.15) is 0 Å². The number of urea groups is 1. The third kappa shape index (κ3) is 2.40. The Kier molecular flexibility index (Phi) is 3.23. The Morgan fingerprint density at radius 2 is 1.88 bits per heavy atom. The van der Waals surface area contributed by atoms with Gasteiger partial charge in [-0.25, -0.2) is 4.79 Å². The van der Waals surface area contributed by atoms with Crippen molar-refractivity contribution >= 4 is 52.7 Å². The topological polar surface area (TPSA) is 44.7 Å². The maximum atomic E-state index is 11.6. The maximum absolute atomic E-state index is 11.6. The third-order valence-electron chi connectivity index (χ3n) is 1.86. The van der Waals surface area contributed by atoms with Crippen molar-refractivity contribution in [2.75, 3.05) is 5.01 Å². The summed E-state index contributed by atoms with van der Waals surface area (Å²) in [6.45, 7) is 0. The van der Waals surface area contributed by atoms with E-state index >= 15 is 0 Å². The molecule has 2 amide bonds. The molecule has 1 atom stereocenters. The highest BCUT2D eigenvalue weighted by Crippen LogP contribution is 2.26. The van der Waals surface area contributed by atoms with E-state index in [-0.39, 0.29) is 0 Å². The first-order chi connectivity index (χ1) is 7.56. The van der Waals surface area contributed by atoms with Crippen LogP contribution in [0.3, 0.4) is 0 Å². The monoisotopic (exact) mass is 277 g/mol. The first kappa shape index (κ1) is 11.5. The number of anilines is 1. The summed E-state index contributed by atoms with van der Waals surface area (Å²) in [5.41, 5.74) is -0.117. The molecular formula is C9H6Cl3N3O. The van der Waals surface area contributed by atoms with Gasteiger partial charge >= 0.3 is 6.03 Å². The Morgan fingerprint density at radius 1 is 1.25 bits per heavy atom. The van der Waals surface area contributed by atoms with Gasteiger partial charge in [0, 0.05) is 10.0 Å². The van der Waals surface area contributed by atoms with Crippen LogP contribution in [-0.4, -0.2) is 17.7 Å². The molecule has 0 radical (unpaired) electrons. The first-order valence-corrected chi connectivity index (χ1v) is 5.50. The number of alkyl halides is 1. The SMILES string of the molecule is O=C1NC(Cl)C=NN1c1cc(Cl)cc(Cl)c1. The molecule has 0 bridgehead atoms. The molecule has 0 aliphatic carbocycles. The van der Waals surface area contributed by atoms with Crippen molar-refractivity contribution in [2.45, 2.75) is 5.50 Å². The van der Waals surface area contributed by atoms with E-state index in [1.165, 1.54) is 6.21 Å². The first-order valence-electron chi connectivity index (χ1n) is 4.31. The van der Waals surface area contributed by atoms with Gasteiger partial charge in [0.15, 0.2) is 0 Å². The average Bonchev–Trinajstić information content (AvgIpc) is 2.15. The Labute approximate surface area is 107 Å². The molecule has 1 aromatic rings. The zero-order valence-corrected chi connectivity index (χ0v) is 10.1. The van der Waals surface area contributed by atoms with Gasteiger partial charge < -0.3 is 5.32 Å². The smallest absolute Gasteiger partial charge is 0.315 e. The van der Waals surface area contributed by atoms with Gasteiger partial charge in [0.2, 0.25) is 0 Å². The third-order valence-corrected chi connectivity index (χ3v) is 2.52. The van der Waals surface area contributed by atoms with E-state index in [4.69, 9.17) is 34.8 Å². The molecule has 1 heterocycles. The van der Waals surface area contributed by atoms with E-state index in [2.05, 4.69) is 10.4 Å². The average molecular weight is 279 g/mol. The van der Waals surface area contributed by atoms with Crippen LogP contribution < -0.4 is 10.3 Å². The van der Waals surface area contributed by atoms with Crippen LogP contribution in [-0.2, 0) is 0 Å². The van der Waals surface area contributed by atoms with Gasteiger partial charge in [-0.3, -0.25) is 0 Å². The molecule has 1 aromatic carbocycles. The number of hydrazone groups is 1. The molecule has 2 rings (SSSR count). The van der Waals surface area contributed by atoms with Gasteiger partial charge in [0.1, 0.15) is 5.50 Å². The summed E-state index contributed by atoms with van der Waals surface area (Å²) in [4.78, 5) is 11.6. The van der Waals surface area contributed by atoms with E-state index in [0.717, 1.165) is 5.01 Å². The zero-order chi connectivity index (χ0) is 11.7. The van der Waals surface area contributed by atoms with E-state index < -0.39 is 11.5 Å². The molecule has 0 saturated carbocycles. The summed E-state index contributed by atoms with van der Waals surface area (Å²) in [6.07, 6.45) is 1.40. The molecule has 7 heteroatoms. The number of nitrogens with zero attached hydrogens (tertiary/aromatic N) is 2. The highest BCUT2D eigenvalue weighted by Gasteiger charge is 2.21. The molecular weight excluding hydrogens is 272 g/mol. The van der Waals surface area contributed by atoms with Crippen LogP contribution in [0.5, 0.6) is 0 Å². The molecule has 0 spiro atoms. The fraction of sp³-hybridized carbons (Fsp3) is 0.111. The summed E-state index contributed by atoms with van der Waals surface area (Å²) in [5, 5.41) is 8.37. The largest absolute Gasteiger partial charge is 0.344 e. The predicted octanol–water partition coefficient (Wildman–Crippen LogP) is 3.07. The highest BCUT2D eigenvalue weighted by atomic mass is 35.5. The Balaban J connectivity index is 2.37. The van der Waals surface area contributed by atoms with Crippen LogP contribution in [0.4, 0.5) is 10.5 Å². The van der Waals surface area contributed by atoms with E-state index in [9.17, 15) is 4.79 Å². The molecule has 0 aromatic heterocycles. The lowest BCUT2D eigenvalue weighted by Crippen LogP contribution is -2.45. The molecule has 16 heavy (non-hydrogen) atoms. The summed E-state index contributed by atoms with van der Waals surface area (Å²) in [6, 6.07) is 4.31. The fourth-order valence-electron chi connectivity index (χ4n) is 1.24. The Bertz CT molecular complexity index is 443. The normalized spacial score (nSPS) is 19.8. The minimum atomic E-state index is -0.599. The number of rotatable bonds is 1. The maximum Gasteiger partial charge on any atom is 0.344 e. The second-order valence-electron chi connectivity index (χ2n) is 3.06. The van der Waals surface area contributed by atoms with Gasteiger partial charge in [0.05, 0.1) is 11.9 Å². The number of amides is 2. The van der Waals surface area contributed by atoms with Crippen molar-refractivity contribution in [3.8, 4) is 0 Å². The molecule has 0 fully saturated rings. The molecule has 1 aliphatic heterocycles. The van der Waals surface area contributed by atoms with Gasteiger partial charge in [-0.2, -0.15) is 10.1 Å². The molecule has 4 nitrogen and oxygen atoms in total. The van der Waals surface area contributed by atoms with E-state index in [1.807, 2.05) is 0 Å². The lowest BCUT2D eigenvalue weighted by molar-refractivity contribution is 0.246. The highest BCUT2D eigenvalue weighted by molar-refractivity contribution is 6.35. The number of nitrogens with one attached hydrogen (secondary N) is 1. The lowest BCUT2D eigenvalue weighted by Gasteiger charge is -2.23. The van der Waals surface area contributed by atoms with Crippen LogP contribution in [0.2, 0.25) is 10.0 Å². The minimum absolute atomic E-state index is 0.429. The number of carbonyl (C=O) groups is 1. The summed E-state index contributed by atoms with van der Waals surface area (Å²) in [5.74, 6) is 0. The van der Waals surface area contributed by atoms with Crippen molar-refractivity contribution < 1.29 is 4.79 Å². The summed E-state index contributed by atoms with van der Waals surface area (Å²) in [7, 11) is 0. The predicted molar refractivity (Wildman–Crippen MR) is 65.6 cm³/mol. The van der Waals surface area contributed by atoms with Crippen LogP contribution in [0.25, 0.3) is 0 Å². The van der Waals surface area contributed by atoms with E-state index in [1.54, 1.807) is 18.2 Å². The van der Waals surface area contributed by atoms with Crippen LogP contribution in [0.15, 0.2) is 23.3 Å². The number of hydrogen-bond donors (Lipinski definition) is 1. The number of carbonyl (C=O) groups excluding carboxylic acids is 1. The lowest BCUT2D eigenvalue weighted by atomic mass is 10.3. The van der Waals surface area contributed by atoms with Crippen molar-refractivity contribution in [1.29, 1.82) is 0 Å². The molecule has 1 N–H and O–H groups in total. The van der Waals surface area contributed by atoms with E-state index in [0.29, 0.717) is 15.7 Å². The summed E-state index contributed by atoms with van der Waals surface area (Å²) >= 11 is 17.3. The van der Waals surface area contributed by atoms with Crippen LogP contribution in [0, 0.1) is 0 Å². The van der Waals surface area contributed by atoms with Gasteiger partial charge in [-0.15, -0.1) is 0 Å². The quantitative estimate of drug-likeness (QED) is 0.623. The second kappa shape index (κ2) is 4.49. The minimum Gasteiger partial charge on any atom is -0.315 e. The fourth-order valence-corrected chi connectivity index (χ4v) is 1.90. The van der Waals surface area contributed by atoms with Crippen molar-refractivity contribution in [3.63, 3.8) is 0 Å². The van der Waals surface area contributed by atoms with Crippen LogP contribution >= 0.6 is 34.8 Å². The second-order valence-corrected chi connectivity index (χ2v) is 4.40. The number of hydrogen-bond acceptors (Lipinski definition) is 2. The van der Waals surface area contributed by atoms with Crippen molar-refractivity contribution in [1.82, 2.24) is 5.32 Å². The van der Waals surface area contributed by atoms with Crippen molar-refractivity contribution in [3.05, 3.63) is 28.2 Å². The standard InChI is InChI=1S/C9H6Cl3N3O/c10-5-1-6(11)3-7(2-5)15-9(16)14-8(12)4-13-15/h1-4,8H,(H,14,16). The van der Waals surface area contributed by atoms with Gasteiger partial charge in [0.25, 0.3) is 0 Å². The number of halogens is 3.